The lowest BCUT2D eigenvalue weighted by Crippen LogP contribution is -1.71. The van der Waals surface area contributed by atoms with Gasteiger partial charge in [0.25, 0.3) is 0 Å². The summed E-state index contributed by atoms with van der Waals surface area (Å²) in [5.41, 5.74) is 0.973. The van der Waals surface area contributed by atoms with Crippen molar-refractivity contribution >= 4 is 44.9 Å². The minimum absolute atomic E-state index is 0.735. The smallest absolute Gasteiger partial charge is 0.155 e. The standard InChI is InChI=1S/C13H8ClNS2/c14-9-6-7-12-11(8-9)15-13(17-12)16-10-4-2-1-3-5-10/h1-8H. The minimum Gasteiger partial charge on any atom is -0.229 e. The molecule has 0 bridgehead atoms. The Morgan fingerprint density at radius 1 is 1.06 bits per heavy atom. The molecule has 0 aliphatic heterocycles. The molecule has 84 valence electrons. The number of aromatic nitrogens is 1. The highest BCUT2D eigenvalue weighted by Crippen LogP contribution is 2.34. The van der Waals surface area contributed by atoms with Crippen molar-refractivity contribution in [2.24, 2.45) is 0 Å². The Balaban J connectivity index is 1.96. The molecule has 0 N–H and O–H groups in total. The van der Waals surface area contributed by atoms with Crippen LogP contribution in [-0.2, 0) is 0 Å². The molecule has 1 heterocycles. The summed E-state index contributed by atoms with van der Waals surface area (Å²) in [7, 11) is 0. The highest BCUT2D eigenvalue weighted by molar-refractivity contribution is 8.01. The first kappa shape index (κ1) is 11.1. The number of thiazole rings is 1. The Kier molecular flexibility index (Phi) is 3.05. The maximum absolute atomic E-state index is 5.95. The molecule has 0 saturated carbocycles. The van der Waals surface area contributed by atoms with Crippen LogP contribution in [0.1, 0.15) is 0 Å². The van der Waals surface area contributed by atoms with Gasteiger partial charge in [-0.25, -0.2) is 4.98 Å². The molecule has 17 heavy (non-hydrogen) atoms. The Labute approximate surface area is 112 Å². The second-order valence-corrected chi connectivity index (χ2v) is 6.29. The summed E-state index contributed by atoms with van der Waals surface area (Å²) in [4.78, 5) is 5.77. The van der Waals surface area contributed by atoms with E-state index in [0.717, 1.165) is 14.9 Å². The van der Waals surface area contributed by atoms with Gasteiger partial charge in [-0.1, -0.05) is 41.6 Å². The first-order valence-corrected chi connectivity index (χ1v) is 7.11. The first-order chi connectivity index (χ1) is 8.31. The number of halogens is 1. The Morgan fingerprint density at radius 2 is 1.88 bits per heavy atom. The Morgan fingerprint density at radius 3 is 2.71 bits per heavy atom. The highest BCUT2D eigenvalue weighted by atomic mass is 35.5. The second-order valence-electron chi connectivity index (χ2n) is 3.51. The summed E-state index contributed by atoms with van der Waals surface area (Å²) in [6.07, 6.45) is 0. The van der Waals surface area contributed by atoms with Crippen LogP contribution < -0.4 is 0 Å². The zero-order valence-electron chi connectivity index (χ0n) is 8.76. The van der Waals surface area contributed by atoms with Crippen LogP contribution in [0.15, 0.2) is 57.8 Å². The zero-order chi connectivity index (χ0) is 11.7. The van der Waals surface area contributed by atoms with Crippen molar-refractivity contribution in [1.29, 1.82) is 0 Å². The summed E-state index contributed by atoms with van der Waals surface area (Å²) < 4.78 is 2.22. The van der Waals surface area contributed by atoms with Gasteiger partial charge in [0.1, 0.15) is 0 Å². The fourth-order valence-corrected chi connectivity index (χ4v) is 3.72. The van der Waals surface area contributed by atoms with E-state index in [2.05, 4.69) is 17.1 Å². The zero-order valence-corrected chi connectivity index (χ0v) is 11.1. The van der Waals surface area contributed by atoms with Gasteiger partial charge in [0, 0.05) is 9.92 Å². The van der Waals surface area contributed by atoms with E-state index in [4.69, 9.17) is 11.6 Å². The van der Waals surface area contributed by atoms with E-state index in [0.29, 0.717) is 0 Å². The van der Waals surface area contributed by atoms with Gasteiger partial charge in [-0.3, -0.25) is 0 Å². The van der Waals surface area contributed by atoms with Crippen LogP contribution in [-0.4, -0.2) is 4.98 Å². The number of benzene rings is 2. The number of fused-ring (bicyclic) bond motifs is 1. The molecular formula is C13H8ClNS2. The maximum Gasteiger partial charge on any atom is 0.155 e. The summed E-state index contributed by atoms with van der Waals surface area (Å²) in [6.45, 7) is 0. The molecule has 0 unspecified atom stereocenters. The average Bonchev–Trinajstić information content (AvgIpc) is 2.71. The molecule has 1 aromatic heterocycles. The fourth-order valence-electron chi connectivity index (χ4n) is 1.51. The SMILES string of the molecule is Clc1ccc2sc(Sc3ccccc3)nc2c1. The number of hydrogen-bond donors (Lipinski definition) is 0. The largest absolute Gasteiger partial charge is 0.229 e. The normalized spacial score (nSPS) is 10.9. The first-order valence-electron chi connectivity index (χ1n) is 5.10. The van der Waals surface area contributed by atoms with Crippen molar-refractivity contribution < 1.29 is 0 Å². The molecule has 3 aromatic rings. The van der Waals surface area contributed by atoms with Gasteiger partial charge in [0.05, 0.1) is 10.2 Å². The second kappa shape index (κ2) is 4.69. The van der Waals surface area contributed by atoms with E-state index in [1.54, 1.807) is 23.1 Å². The topological polar surface area (TPSA) is 12.9 Å². The summed E-state index contributed by atoms with van der Waals surface area (Å²) >= 11 is 9.32. The van der Waals surface area contributed by atoms with Gasteiger partial charge < -0.3 is 0 Å². The quantitative estimate of drug-likeness (QED) is 0.646. The van der Waals surface area contributed by atoms with E-state index >= 15 is 0 Å². The van der Waals surface area contributed by atoms with Crippen molar-refractivity contribution in [1.82, 2.24) is 4.98 Å². The lowest BCUT2D eigenvalue weighted by Gasteiger charge is -1.94. The third-order valence-corrected chi connectivity index (χ3v) is 4.62. The predicted octanol–water partition coefficient (Wildman–Crippen LogP) is 5.10. The molecule has 0 fully saturated rings. The van der Waals surface area contributed by atoms with Crippen molar-refractivity contribution in [2.45, 2.75) is 9.24 Å². The van der Waals surface area contributed by atoms with Crippen LogP contribution in [0.3, 0.4) is 0 Å². The van der Waals surface area contributed by atoms with E-state index in [-0.39, 0.29) is 0 Å². The van der Waals surface area contributed by atoms with Gasteiger partial charge in [-0.15, -0.1) is 11.3 Å². The molecule has 3 rings (SSSR count). The molecule has 0 spiro atoms. The van der Waals surface area contributed by atoms with Gasteiger partial charge in [-0.2, -0.15) is 0 Å². The number of hydrogen-bond acceptors (Lipinski definition) is 3. The molecule has 1 nitrogen and oxygen atoms in total. The number of rotatable bonds is 2. The lowest BCUT2D eigenvalue weighted by atomic mass is 10.3. The lowest BCUT2D eigenvalue weighted by molar-refractivity contribution is 1.29. The third kappa shape index (κ3) is 2.46. The van der Waals surface area contributed by atoms with Gasteiger partial charge in [0.2, 0.25) is 0 Å². The molecule has 4 heteroatoms. The molecule has 2 aromatic carbocycles. The summed E-state index contributed by atoms with van der Waals surface area (Å²) in [5.74, 6) is 0. The third-order valence-electron chi connectivity index (χ3n) is 2.28. The Hall–Kier alpha value is -1.03. The molecule has 0 aliphatic carbocycles. The van der Waals surface area contributed by atoms with E-state index in [9.17, 15) is 0 Å². The molecule has 0 radical (unpaired) electrons. The van der Waals surface area contributed by atoms with Crippen LogP contribution >= 0.6 is 34.7 Å². The molecule has 0 amide bonds. The minimum atomic E-state index is 0.735. The molecule has 0 atom stereocenters. The van der Waals surface area contributed by atoms with E-state index < -0.39 is 0 Å². The van der Waals surface area contributed by atoms with Crippen LogP contribution in [0.5, 0.6) is 0 Å². The van der Waals surface area contributed by atoms with Gasteiger partial charge in [-0.05, 0) is 30.3 Å². The van der Waals surface area contributed by atoms with Crippen molar-refractivity contribution in [3.8, 4) is 0 Å². The maximum atomic E-state index is 5.95. The van der Waals surface area contributed by atoms with Crippen LogP contribution in [0, 0.1) is 0 Å². The summed E-state index contributed by atoms with van der Waals surface area (Å²) in [6, 6.07) is 16.1. The van der Waals surface area contributed by atoms with Crippen LogP contribution in [0.2, 0.25) is 5.02 Å². The van der Waals surface area contributed by atoms with Crippen molar-refractivity contribution in [3.05, 3.63) is 53.6 Å². The molecule has 0 saturated heterocycles. The van der Waals surface area contributed by atoms with Crippen molar-refractivity contribution in [3.63, 3.8) is 0 Å². The highest BCUT2D eigenvalue weighted by Gasteiger charge is 2.05. The van der Waals surface area contributed by atoms with Gasteiger partial charge >= 0.3 is 0 Å². The van der Waals surface area contributed by atoms with Gasteiger partial charge in [0.15, 0.2) is 4.34 Å². The van der Waals surface area contributed by atoms with Crippen LogP contribution in [0.25, 0.3) is 10.2 Å². The monoisotopic (exact) mass is 277 g/mol. The number of nitrogens with zero attached hydrogens (tertiary/aromatic N) is 1. The summed E-state index contributed by atoms with van der Waals surface area (Å²) in [5, 5.41) is 0.735. The predicted molar refractivity (Wildman–Crippen MR) is 75.2 cm³/mol. The van der Waals surface area contributed by atoms with E-state index in [1.165, 1.54) is 9.60 Å². The van der Waals surface area contributed by atoms with E-state index in [1.807, 2.05) is 36.4 Å². The Bertz CT molecular complexity index is 649. The van der Waals surface area contributed by atoms with Crippen LogP contribution in [0.4, 0.5) is 0 Å². The average molecular weight is 278 g/mol. The van der Waals surface area contributed by atoms with Crippen molar-refractivity contribution in [2.75, 3.05) is 0 Å². The fraction of sp³-hybridized carbons (Fsp3) is 0. The molecular weight excluding hydrogens is 270 g/mol. The molecule has 0 aliphatic rings.